The van der Waals surface area contributed by atoms with Gasteiger partial charge in [0, 0.05) is 5.56 Å². The van der Waals surface area contributed by atoms with E-state index in [1.54, 1.807) is 12.5 Å². The lowest BCUT2D eigenvalue weighted by atomic mass is 10.1. The third-order valence-corrected chi connectivity index (χ3v) is 2.87. The molecule has 0 aliphatic carbocycles. The van der Waals surface area contributed by atoms with E-state index in [-0.39, 0.29) is 6.61 Å². The number of benzene rings is 1. The fraction of sp³-hybridized carbons (Fsp3) is 0.167. The Hall–Kier alpha value is -2.18. The van der Waals surface area contributed by atoms with Gasteiger partial charge >= 0.3 is 0 Å². The lowest BCUT2D eigenvalue weighted by molar-refractivity contribution is 0.264. The van der Waals surface area contributed by atoms with E-state index in [0.717, 1.165) is 22.3 Å². The van der Waals surface area contributed by atoms with Crippen LogP contribution in [0.5, 0.6) is 0 Å². The first-order chi connectivity index (χ1) is 8.78. The number of H-pyrrole nitrogens is 2. The Labute approximate surface area is 103 Å². The SMILES string of the molecule is NC(CO)c1ncc(-c2ccc3nc[nH]c3c2)[nH]1. The van der Waals surface area contributed by atoms with Crippen LogP contribution in [0.1, 0.15) is 11.9 Å². The zero-order chi connectivity index (χ0) is 12.5. The summed E-state index contributed by atoms with van der Waals surface area (Å²) >= 11 is 0. The van der Waals surface area contributed by atoms with Gasteiger partial charge in [0.15, 0.2) is 0 Å². The highest BCUT2D eigenvalue weighted by Crippen LogP contribution is 2.22. The predicted molar refractivity (Wildman–Crippen MR) is 67.7 cm³/mol. The number of aliphatic hydroxyl groups is 1. The summed E-state index contributed by atoms with van der Waals surface area (Å²) < 4.78 is 0. The molecular weight excluding hydrogens is 230 g/mol. The number of nitrogens with two attached hydrogens (primary N) is 1. The molecule has 0 fully saturated rings. The average molecular weight is 243 g/mol. The Morgan fingerprint density at radius 3 is 3.06 bits per heavy atom. The van der Waals surface area contributed by atoms with Gasteiger partial charge in [0.05, 0.1) is 41.9 Å². The summed E-state index contributed by atoms with van der Waals surface area (Å²) in [6, 6.07) is 5.41. The van der Waals surface area contributed by atoms with E-state index in [0.29, 0.717) is 5.82 Å². The van der Waals surface area contributed by atoms with Gasteiger partial charge in [-0.15, -0.1) is 0 Å². The zero-order valence-corrected chi connectivity index (χ0v) is 9.59. The Bertz CT molecular complexity index is 672. The minimum Gasteiger partial charge on any atom is -0.394 e. The topological polar surface area (TPSA) is 104 Å². The van der Waals surface area contributed by atoms with Crippen molar-refractivity contribution < 1.29 is 5.11 Å². The first-order valence-electron chi connectivity index (χ1n) is 5.63. The van der Waals surface area contributed by atoms with Gasteiger partial charge in [-0.05, 0) is 12.1 Å². The van der Waals surface area contributed by atoms with Crippen molar-refractivity contribution in [1.29, 1.82) is 0 Å². The lowest BCUT2D eigenvalue weighted by Gasteiger charge is -2.03. The first-order valence-corrected chi connectivity index (χ1v) is 5.63. The molecule has 2 heterocycles. The van der Waals surface area contributed by atoms with Crippen molar-refractivity contribution >= 4 is 11.0 Å². The van der Waals surface area contributed by atoms with Gasteiger partial charge in [-0.3, -0.25) is 0 Å². The van der Waals surface area contributed by atoms with Crippen LogP contribution in [0.2, 0.25) is 0 Å². The molecule has 3 aromatic rings. The molecule has 0 spiro atoms. The molecule has 0 saturated heterocycles. The molecule has 2 aromatic heterocycles. The molecule has 3 rings (SSSR count). The molecule has 0 aliphatic rings. The van der Waals surface area contributed by atoms with Gasteiger partial charge in [0.1, 0.15) is 5.82 Å². The van der Waals surface area contributed by atoms with E-state index >= 15 is 0 Å². The molecule has 6 heteroatoms. The highest BCUT2D eigenvalue weighted by Gasteiger charge is 2.10. The fourth-order valence-electron chi connectivity index (χ4n) is 1.86. The molecule has 0 aliphatic heterocycles. The molecule has 0 saturated carbocycles. The third kappa shape index (κ3) is 1.77. The number of aromatic nitrogens is 4. The highest BCUT2D eigenvalue weighted by atomic mass is 16.3. The maximum absolute atomic E-state index is 8.98. The van der Waals surface area contributed by atoms with Crippen LogP contribution in [0.15, 0.2) is 30.7 Å². The van der Waals surface area contributed by atoms with Crippen LogP contribution in [-0.2, 0) is 0 Å². The maximum atomic E-state index is 8.98. The van der Waals surface area contributed by atoms with E-state index in [1.807, 2.05) is 18.2 Å². The third-order valence-electron chi connectivity index (χ3n) is 2.87. The summed E-state index contributed by atoms with van der Waals surface area (Å²) in [6.07, 6.45) is 3.37. The molecule has 1 atom stereocenters. The molecule has 18 heavy (non-hydrogen) atoms. The van der Waals surface area contributed by atoms with Gasteiger partial charge in [-0.1, -0.05) is 6.07 Å². The summed E-state index contributed by atoms with van der Waals surface area (Å²) in [4.78, 5) is 14.5. The number of hydrogen-bond donors (Lipinski definition) is 4. The minimum absolute atomic E-state index is 0.132. The Morgan fingerprint density at radius 1 is 1.33 bits per heavy atom. The summed E-state index contributed by atoms with van der Waals surface area (Å²) in [6.45, 7) is -0.132. The molecule has 0 bridgehead atoms. The second-order valence-corrected chi connectivity index (χ2v) is 4.11. The van der Waals surface area contributed by atoms with Crippen molar-refractivity contribution in [2.24, 2.45) is 5.73 Å². The van der Waals surface area contributed by atoms with Crippen LogP contribution in [0, 0.1) is 0 Å². The van der Waals surface area contributed by atoms with Gasteiger partial charge in [0.2, 0.25) is 0 Å². The van der Waals surface area contributed by atoms with Gasteiger partial charge < -0.3 is 20.8 Å². The van der Waals surface area contributed by atoms with E-state index < -0.39 is 6.04 Å². The standard InChI is InChI=1S/C12H13N5O/c13-8(5-18)12-14-4-11(17-12)7-1-2-9-10(3-7)16-6-15-9/h1-4,6,8,18H,5,13H2,(H,14,17)(H,15,16). The number of nitrogens with zero attached hydrogens (tertiary/aromatic N) is 2. The van der Waals surface area contributed by atoms with Crippen LogP contribution in [0.4, 0.5) is 0 Å². The zero-order valence-electron chi connectivity index (χ0n) is 9.59. The molecule has 6 nitrogen and oxygen atoms in total. The van der Waals surface area contributed by atoms with Crippen molar-refractivity contribution in [1.82, 2.24) is 19.9 Å². The van der Waals surface area contributed by atoms with Crippen LogP contribution >= 0.6 is 0 Å². The summed E-state index contributed by atoms with van der Waals surface area (Å²) in [5.74, 6) is 0.581. The largest absolute Gasteiger partial charge is 0.394 e. The van der Waals surface area contributed by atoms with Gasteiger partial charge in [-0.2, -0.15) is 0 Å². The summed E-state index contributed by atoms with van der Waals surface area (Å²) in [7, 11) is 0. The second kappa shape index (κ2) is 4.25. The number of aliphatic hydroxyl groups excluding tert-OH is 1. The number of hydrogen-bond acceptors (Lipinski definition) is 4. The van der Waals surface area contributed by atoms with Crippen molar-refractivity contribution in [3.8, 4) is 11.3 Å². The first kappa shape index (κ1) is 10.9. The van der Waals surface area contributed by atoms with Crippen molar-refractivity contribution in [3.63, 3.8) is 0 Å². The fourth-order valence-corrected chi connectivity index (χ4v) is 1.86. The van der Waals surface area contributed by atoms with E-state index in [1.165, 1.54) is 0 Å². The van der Waals surface area contributed by atoms with Crippen molar-refractivity contribution in [3.05, 3.63) is 36.5 Å². The smallest absolute Gasteiger partial charge is 0.125 e. The average Bonchev–Trinajstić information content (AvgIpc) is 3.05. The summed E-state index contributed by atoms with van der Waals surface area (Å²) in [5, 5.41) is 8.98. The minimum atomic E-state index is -0.477. The van der Waals surface area contributed by atoms with Crippen molar-refractivity contribution in [2.75, 3.05) is 6.61 Å². The number of aromatic amines is 2. The number of imidazole rings is 2. The molecule has 0 amide bonds. The van der Waals surface area contributed by atoms with Crippen LogP contribution in [0.25, 0.3) is 22.3 Å². The van der Waals surface area contributed by atoms with E-state index in [9.17, 15) is 0 Å². The van der Waals surface area contributed by atoms with E-state index in [4.69, 9.17) is 10.8 Å². The monoisotopic (exact) mass is 243 g/mol. The van der Waals surface area contributed by atoms with Gasteiger partial charge in [0.25, 0.3) is 0 Å². The highest BCUT2D eigenvalue weighted by molar-refractivity contribution is 5.80. The molecular formula is C12H13N5O. The molecule has 1 unspecified atom stereocenters. The Kier molecular flexibility index (Phi) is 2.58. The summed E-state index contributed by atoms with van der Waals surface area (Å²) in [5.41, 5.74) is 9.45. The van der Waals surface area contributed by atoms with Crippen LogP contribution < -0.4 is 5.73 Å². The van der Waals surface area contributed by atoms with Crippen LogP contribution in [0.3, 0.4) is 0 Å². The molecule has 5 N–H and O–H groups in total. The maximum Gasteiger partial charge on any atom is 0.125 e. The van der Waals surface area contributed by atoms with Gasteiger partial charge in [-0.25, -0.2) is 9.97 Å². The predicted octanol–water partition coefficient (Wildman–Crippen LogP) is 0.945. The number of rotatable bonds is 3. The van der Waals surface area contributed by atoms with Crippen molar-refractivity contribution in [2.45, 2.75) is 6.04 Å². The van der Waals surface area contributed by atoms with E-state index in [2.05, 4.69) is 19.9 Å². The number of fused-ring (bicyclic) bond motifs is 1. The number of nitrogens with one attached hydrogen (secondary N) is 2. The quantitative estimate of drug-likeness (QED) is 0.549. The van der Waals surface area contributed by atoms with Crippen LogP contribution in [-0.4, -0.2) is 31.6 Å². The Morgan fingerprint density at radius 2 is 2.22 bits per heavy atom. The normalized spacial score (nSPS) is 13.0. The molecule has 1 aromatic carbocycles. The second-order valence-electron chi connectivity index (χ2n) is 4.11. The lowest BCUT2D eigenvalue weighted by Crippen LogP contribution is -2.15. The molecule has 92 valence electrons. The Balaban J connectivity index is 2.00. The molecule has 0 radical (unpaired) electrons.